The Morgan fingerprint density at radius 1 is 1.38 bits per heavy atom. The highest BCUT2D eigenvalue weighted by Gasteiger charge is 2.07. The van der Waals surface area contributed by atoms with Crippen LogP contribution in [0.15, 0.2) is 18.5 Å². The van der Waals surface area contributed by atoms with E-state index in [-0.39, 0.29) is 0 Å². The zero-order valence-corrected chi connectivity index (χ0v) is 10.8. The van der Waals surface area contributed by atoms with Crippen molar-refractivity contribution in [1.29, 1.82) is 0 Å². The van der Waals surface area contributed by atoms with Gasteiger partial charge in [0.05, 0.1) is 0 Å². The molecular weight excluding hydrogens is 200 g/mol. The van der Waals surface area contributed by atoms with E-state index in [2.05, 4.69) is 43.3 Å². The van der Waals surface area contributed by atoms with Crippen LogP contribution in [0.5, 0.6) is 0 Å². The minimum atomic E-state index is 0.534. The predicted molar refractivity (Wildman–Crippen MR) is 67.5 cm³/mol. The first-order chi connectivity index (χ1) is 7.59. The van der Waals surface area contributed by atoms with Crippen LogP contribution in [0.4, 0.5) is 0 Å². The average Bonchev–Trinajstić information content (AvgIpc) is 2.75. The highest BCUT2D eigenvalue weighted by atomic mass is 15.3. The molecular formula is C12H24N4. The molecule has 4 nitrogen and oxygen atoms in total. The minimum absolute atomic E-state index is 0.534. The van der Waals surface area contributed by atoms with Crippen molar-refractivity contribution >= 4 is 0 Å². The van der Waals surface area contributed by atoms with Crippen molar-refractivity contribution in [3.63, 3.8) is 0 Å². The van der Waals surface area contributed by atoms with Gasteiger partial charge in [0, 0.05) is 37.6 Å². The van der Waals surface area contributed by atoms with Gasteiger partial charge in [-0.2, -0.15) is 5.10 Å². The Balaban J connectivity index is 2.13. The van der Waals surface area contributed by atoms with Gasteiger partial charge in [0.1, 0.15) is 0 Å². The number of likely N-dealkylation sites (N-methyl/N-ethyl adjacent to an activating group) is 1. The summed E-state index contributed by atoms with van der Waals surface area (Å²) in [6.45, 7) is 6.48. The molecule has 0 amide bonds. The Morgan fingerprint density at radius 3 is 2.69 bits per heavy atom. The van der Waals surface area contributed by atoms with Crippen molar-refractivity contribution in [3.8, 4) is 0 Å². The number of rotatable bonds is 7. The molecule has 2 atom stereocenters. The van der Waals surface area contributed by atoms with Gasteiger partial charge in [0.15, 0.2) is 0 Å². The van der Waals surface area contributed by atoms with Crippen LogP contribution in [0.1, 0.15) is 20.3 Å². The van der Waals surface area contributed by atoms with Gasteiger partial charge >= 0.3 is 0 Å². The van der Waals surface area contributed by atoms with Crippen LogP contribution >= 0.6 is 0 Å². The summed E-state index contributed by atoms with van der Waals surface area (Å²) < 4.78 is 1.98. The largest absolute Gasteiger partial charge is 0.313 e. The lowest BCUT2D eigenvalue weighted by Crippen LogP contribution is -2.39. The Morgan fingerprint density at radius 2 is 2.12 bits per heavy atom. The fourth-order valence-electron chi connectivity index (χ4n) is 1.42. The van der Waals surface area contributed by atoms with Crippen LogP contribution in [0.25, 0.3) is 0 Å². The summed E-state index contributed by atoms with van der Waals surface area (Å²) in [6.07, 6.45) is 4.95. The third kappa shape index (κ3) is 4.77. The van der Waals surface area contributed by atoms with Crippen LogP contribution in [0.2, 0.25) is 0 Å². The monoisotopic (exact) mass is 224 g/mol. The van der Waals surface area contributed by atoms with Crippen molar-refractivity contribution in [3.05, 3.63) is 18.5 Å². The number of aromatic nitrogens is 2. The molecule has 4 heteroatoms. The van der Waals surface area contributed by atoms with Gasteiger partial charge in [-0.25, -0.2) is 0 Å². The standard InChI is InChI=1S/C12H24N4/c1-11(13-10-12(2)15(3)4)6-9-16-8-5-7-14-16/h5,7-8,11-13H,6,9-10H2,1-4H3. The average molecular weight is 224 g/mol. The first kappa shape index (κ1) is 13.2. The number of aryl methyl sites for hydroxylation is 1. The lowest BCUT2D eigenvalue weighted by molar-refractivity contribution is 0.291. The van der Waals surface area contributed by atoms with E-state index in [4.69, 9.17) is 0 Å². The summed E-state index contributed by atoms with van der Waals surface area (Å²) in [5.74, 6) is 0. The zero-order chi connectivity index (χ0) is 12.0. The highest BCUT2D eigenvalue weighted by Crippen LogP contribution is 1.97. The molecule has 0 aliphatic carbocycles. The molecule has 2 unspecified atom stereocenters. The predicted octanol–water partition coefficient (Wildman–Crippen LogP) is 1.20. The number of hydrogen-bond acceptors (Lipinski definition) is 3. The molecule has 92 valence electrons. The molecule has 0 bridgehead atoms. The van der Waals surface area contributed by atoms with E-state index >= 15 is 0 Å². The van der Waals surface area contributed by atoms with Crippen molar-refractivity contribution in [1.82, 2.24) is 20.0 Å². The van der Waals surface area contributed by atoms with Gasteiger partial charge < -0.3 is 10.2 Å². The molecule has 1 N–H and O–H groups in total. The third-order valence-corrected chi connectivity index (χ3v) is 2.99. The summed E-state index contributed by atoms with van der Waals surface area (Å²) in [5.41, 5.74) is 0. The Kier molecular flexibility index (Phi) is 5.49. The topological polar surface area (TPSA) is 33.1 Å². The quantitative estimate of drug-likeness (QED) is 0.755. The summed E-state index contributed by atoms with van der Waals surface area (Å²) >= 11 is 0. The number of nitrogens with one attached hydrogen (secondary N) is 1. The Bertz CT molecular complexity index is 269. The van der Waals surface area contributed by atoms with Gasteiger partial charge in [-0.1, -0.05) is 0 Å². The normalized spacial score (nSPS) is 15.3. The van der Waals surface area contributed by atoms with Gasteiger partial charge in [-0.05, 0) is 40.4 Å². The van der Waals surface area contributed by atoms with Gasteiger partial charge in [-0.3, -0.25) is 4.68 Å². The van der Waals surface area contributed by atoms with E-state index in [1.54, 1.807) is 0 Å². The Hall–Kier alpha value is -0.870. The molecule has 0 fully saturated rings. The molecule has 1 heterocycles. The molecule has 0 aliphatic rings. The maximum absolute atomic E-state index is 4.19. The van der Waals surface area contributed by atoms with E-state index in [0.29, 0.717) is 12.1 Å². The fourth-order valence-corrected chi connectivity index (χ4v) is 1.42. The molecule has 0 saturated heterocycles. The molecule has 0 saturated carbocycles. The second-order valence-electron chi connectivity index (χ2n) is 4.68. The second-order valence-corrected chi connectivity index (χ2v) is 4.68. The van der Waals surface area contributed by atoms with E-state index in [9.17, 15) is 0 Å². The maximum atomic E-state index is 4.19. The molecule has 1 aromatic rings. The molecule has 0 radical (unpaired) electrons. The second kappa shape index (κ2) is 6.66. The SMILES string of the molecule is CC(CCn1cccn1)NCC(C)N(C)C. The van der Waals surface area contributed by atoms with Crippen LogP contribution in [0.3, 0.4) is 0 Å². The van der Waals surface area contributed by atoms with Crippen LogP contribution < -0.4 is 5.32 Å². The molecule has 1 rings (SSSR count). The number of nitrogens with zero attached hydrogens (tertiary/aromatic N) is 3. The smallest absolute Gasteiger partial charge is 0.0489 e. The zero-order valence-electron chi connectivity index (χ0n) is 10.8. The number of hydrogen-bond donors (Lipinski definition) is 1. The molecule has 0 aliphatic heterocycles. The van der Waals surface area contributed by atoms with E-state index in [1.165, 1.54) is 0 Å². The minimum Gasteiger partial charge on any atom is -0.313 e. The van der Waals surface area contributed by atoms with E-state index < -0.39 is 0 Å². The summed E-state index contributed by atoms with van der Waals surface area (Å²) in [7, 11) is 4.22. The van der Waals surface area contributed by atoms with Crippen LogP contribution in [-0.4, -0.2) is 47.4 Å². The molecule has 0 aromatic carbocycles. The van der Waals surface area contributed by atoms with Crippen molar-refractivity contribution in [2.24, 2.45) is 0 Å². The first-order valence-electron chi connectivity index (χ1n) is 5.97. The van der Waals surface area contributed by atoms with Crippen LogP contribution in [-0.2, 0) is 6.54 Å². The fraction of sp³-hybridized carbons (Fsp3) is 0.750. The van der Waals surface area contributed by atoms with Crippen molar-refractivity contribution in [2.75, 3.05) is 20.6 Å². The highest BCUT2D eigenvalue weighted by molar-refractivity contribution is 4.78. The van der Waals surface area contributed by atoms with Gasteiger partial charge in [-0.15, -0.1) is 0 Å². The lowest BCUT2D eigenvalue weighted by Gasteiger charge is -2.22. The first-order valence-corrected chi connectivity index (χ1v) is 5.97. The Labute approximate surface area is 98.6 Å². The summed E-state index contributed by atoms with van der Waals surface area (Å²) in [5, 5.41) is 7.74. The molecule has 0 spiro atoms. The van der Waals surface area contributed by atoms with E-state index in [1.807, 2.05) is 23.1 Å². The summed E-state index contributed by atoms with van der Waals surface area (Å²) in [4.78, 5) is 2.23. The van der Waals surface area contributed by atoms with Crippen LogP contribution in [0, 0.1) is 0 Å². The maximum Gasteiger partial charge on any atom is 0.0489 e. The third-order valence-electron chi connectivity index (χ3n) is 2.99. The lowest BCUT2D eigenvalue weighted by atomic mass is 10.2. The molecule has 1 aromatic heterocycles. The molecule has 16 heavy (non-hydrogen) atoms. The van der Waals surface area contributed by atoms with Gasteiger partial charge in [0.2, 0.25) is 0 Å². The van der Waals surface area contributed by atoms with Crippen molar-refractivity contribution < 1.29 is 0 Å². The van der Waals surface area contributed by atoms with Gasteiger partial charge in [0.25, 0.3) is 0 Å². The summed E-state index contributed by atoms with van der Waals surface area (Å²) in [6, 6.07) is 3.07. The van der Waals surface area contributed by atoms with Crippen molar-refractivity contribution in [2.45, 2.75) is 38.9 Å². The van der Waals surface area contributed by atoms with E-state index in [0.717, 1.165) is 19.5 Å².